The summed E-state index contributed by atoms with van der Waals surface area (Å²) in [4.78, 5) is 0. The molecule has 1 fully saturated rings. The van der Waals surface area contributed by atoms with Gasteiger partial charge in [0.25, 0.3) is 0 Å². The Bertz CT molecular complexity index is 77.0. The lowest BCUT2D eigenvalue weighted by Crippen LogP contribution is -2.23. The average Bonchev–Trinajstić information content (AvgIpc) is 2.48. The Morgan fingerprint density at radius 1 is 1.67 bits per heavy atom. The van der Waals surface area contributed by atoms with Crippen LogP contribution >= 0.6 is 0 Å². The zero-order valence-corrected chi connectivity index (χ0v) is 6.18. The maximum Gasteiger partial charge on any atom is 0.0933 e. The standard InChI is InChI=1S/C7H15NO/c1-6(2)3-8-4-7-5-9-7/h6-8H,3-5H2,1-2H3. The lowest BCUT2D eigenvalue weighted by atomic mass is 10.2. The molecule has 0 aromatic heterocycles. The molecule has 1 N–H and O–H groups in total. The van der Waals surface area contributed by atoms with Crippen LogP contribution in [0.15, 0.2) is 0 Å². The Balaban J connectivity index is 1.81. The van der Waals surface area contributed by atoms with Crippen LogP contribution in [-0.2, 0) is 4.74 Å². The van der Waals surface area contributed by atoms with Crippen molar-refractivity contribution in [3.8, 4) is 0 Å². The van der Waals surface area contributed by atoms with Gasteiger partial charge in [0.1, 0.15) is 0 Å². The number of hydrogen-bond donors (Lipinski definition) is 1. The summed E-state index contributed by atoms with van der Waals surface area (Å²) < 4.78 is 5.03. The predicted octanol–water partition coefficient (Wildman–Crippen LogP) is 0.631. The Kier molecular flexibility index (Phi) is 2.49. The molecule has 1 saturated heterocycles. The SMILES string of the molecule is CC(C)CNCC1CO1. The molecule has 1 aliphatic heterocycles. The first-order valence-corrected chi connectivity index (χ1v) is 3.61. The highest BCUT2D eigenvalue weighted by molar-refractivity contribution is 4.71. The van der Waals surface area contributed by atoms with E-state index in [0.29, 0.717) is 6.10 Å². The molecular formula is C7H15NO. The molecule has 0 aromatic rings. The number of nitrogens with one attached hydrogen (secondary N) is 1. The highest BCUT2D eigenvalue weighted by Crippen LogP contribution is 2.06. The second kappa shape index (κ2) is 3.18. The van der Waals surface area contributed by atoms with E-state index in [-0.39, 0.29) is 0 Å². The van der Waals surface area contributed by atoms with Crippen LogP contribution in [-0.4, -0.2) is 25.8 Å². The summed E-state index contributed by atoms with van der Waals surface area (Å²) in [6.45, 7) is 7.53. The van der Waals surface area contributed by atoms with Crippen molar-refractivity contribution in [1.29, 1.82) is 0 Å². The molecule has 1 heterocycles. The van der Waals surface area contributed by atoms with Gasteiger partial charge in [-0.2, -0.15) is 0 Å². The van der Waals surface area contributed by atoms with Gasteiger partial charge in [0.15, 0.2) is 0 Å². The lowest BCUT2D eigenvalue weighted by molar-refractivity contribution is 0.391. The molecule has 0 radical (unpaired) electrons. The van der Waals surface area contributed by atoms with Crippen molar-refractivity contribution in [2.75, 3.05) is 19.7 Å². The number of epoxide rings is 1. The van der Waals surface area contributed by atoms with Crippen LogP contribution < -0.4 is 5.32 Å². The first kappa shape index (κ1) is 7.03. The van der Waals surface area contributed by atoms with E-state index in [4.69, 9.17) is 4.74 Å². The van der Waals surface area contributed by atoms with Gasteiger partial charge in [-0.1, -0.05) is 13.8 Å². The largest absolute Gasteiger partial charge is 0.372 e. The minimum Gasteiger partial charge on any atom is -0.372 e. The second-order valence-corrected chi connectivity index (χ2v) is 3.01. The number of hydrogen-bond acceptors (Lipinski definition) is 2. The van der Waals surface area contributed by atoms with Crippen LogP contribution in [0.1, 0.15) is 13.8 Å². The van der Waals surface area contributed by atoms with Crippen molar-refractivity contribution < 1.29 is 4.74 Å². The highest BCUT2D eigenvalue weighted by Gasteiger charge is 2.21. The van der Waals surface area contributed by atoms with Crippen molar-refractivity contribution >= 4 is 0 Å². The maximum absolute atomic E-state index is 5.03. The van der Waals surface area contributed by atoms with E-state index in [1.165, 1.54) is 0 Å². The molecule has 0 aromatic carbocycles. The van der Waals surface area contributed by atoms with Crippen molar-refractivity contribution in [2.24, 2.45) is 5.92 Å². The third-order valence-electron chi connectivity index (χ3n) is 1.33. The first-order chi connectivity index (χ1) is 4.29. The molecule has 9 heavy (non-hydrogen) atoms. The third-order valence-corrected chi connectivity index (χ3v) is 1.33. The van der Waals surface area contributed by atoms with E-state index in [1.54, 1.807) is 0 Å². The molecule has 0 bridgehead atoms. The fraction of sp³-hybridized carbons (Fsp3) is 1.00. The summed E-state index contributed by atoms with van der Waals surface area (Å²) in [5.74, 6) is 0.753. The Hall–Kier alpha value is -0.0800. The smallest absolute Gasteiger partial charge is 0.0933 e. The summed E-state index contributed by atoms with van der Waals surface area (Å²) in [5.41, 5.74) is 0. The van der Waals surface area contributed by atoms with Crippen LogP contribution in [0.2, 0.25) is 0 Å². The quantitative estimate of drug-likeness (QED) is 0.563. The van der Waals surface area contributed by atoms with Crippen LogP contribution in [0.3, 0.4) is 0 Å². The normalized spacial score (nSPS) is 25.0. The topological polar surface area (TPSA) is 24.6 Å². The van der Waals surface area contributed by atoms with E-state index < -0.39 is 0 Å². The zero-order valence-electron chi connectivity index (χ0n) is 6.18. The van der Waals surface area contributed by atoms with Gasteiger partial charge in [0.05, 0.1) is 12.7 Å². The average molecular weight is 129 g/mol. The van der Waals surface area contributed by atoms with E-state index in [1.807, 2.05) is 0 Å². The minimum atomic E-state index is 0.531. The van der Waals surface area contributed by atoms with E-state index in [2.05, 4.69) is 19.2 Å². The van der Waals surface area contributed by atoms with Gasteiger partial charge in [0.2, 0.25) is 0 Å². The van der Waals surface area contributed by atoms with Crippen molar-refractivity contribution in [1.82, 2.24) is 5.32 Å². The van der Waals surface area contributed by atoms with Crippen molar-refractivity contribution in [3.05, 3.63) is 0 Å². The molecule has 2 nitrogen and oxygen atoms in total. The van der Waals surface area contributed by atoms with Gasteiger partial charge in [0, 0.05) is 6.54 Å². The minimum absolute atomic E-state index is 0.531. The van der Waals surface area contributed by atoms with Gasteiger partial charge < -0.3 is 10.1 Å². The molecule has 0 amide bonds. The summed E-state index contributed by atoms with van der Waals surface area (Å²) in [6.07, 6.45) is 0.531. The van der Waals surface area contributed by atoms with Crippen molar-refractivity contribution in [3.63, 3.8) is 0 Å². The van der Waals surface area contributed by atoms with Crippen LogP contribution in [0.4, 0.5) is 0 Å². The third kappa shape index (κ3) is 3.49. The van der Waals surface area contributed by atoms with Gasteiger partial charge >= 0.3 is 0 Å². The number of ether oxygens (including phenoxy) is 1. The Morgan fingerprint density at radius 2 is 2.33 bits per heavy atom. The first-order valence-electron chi connectivity index (χ1n) is 3.61. The molecule has 1 aliphatic rings. The van der Waals surface area contributed by atoms with E-state index >= 15 is 0 Å². The summed E-state index contributed by atoms with van der Waals surface area (Å²) >= 11 is 0. The monoisotopic (exact) mass is 129 g/mol. The molecular weight excluding hydrogens is 114 g/mol. The highest BCUT2D eigenvalue weighted by atomic mass is 16.6. The Labute approximate surface area is 56.6 Å². The van der Waals surface area contributed by atoms with E-state index in [9.17, 15) is 0 Å². The fourth-order valence-electron chi connectivity index (χ4n) is 0.719. The van der Waals surface area contributed by atoms with Crippen LogP contribution in [0.25, 0.3) is 0 Å². The second-order valence-electron chi connectivity index (χ2n) is 3.01. The van der Waals surface area contributed by atoms with E-state index in [0.717, 1.165) is 25.6 Å². The molecule has 0 saturated carbocycles. The van der Waals surface area contributed by atoms with Crippen LogP contribution in [0, 0.1) is 5.92 Å². The van der Waals surface area contributed by atoms with Gasteiger partial charge in [-0.25, -0.2) is 0 Å². The van der Waals surface area contributed by atoms with Crippen LogP contribution in [0.5, 0.6) is 0 Å². The fourth-order valence-corrected chi connectivity index (χ4v) is 0.719. The predicted molar refractivity (Wildman–Crippen MR) is 37.4 cm³/mol. The molecule has 54 valence electrons. The zero-order chi connectivity index (χ0) is 6.69. The summed E-state index contributed by atoms with van der Waals surface area (Å²) in [6, 6.07) is 0. The van der Waals surface area contributed by atoms with Gasteiger partial charge in [-0.15, -0.1) is 0 Å². The van der Waals surface area contributed by atoms with Gasteiger partial charge in [-0.3, -0.25) is 0 Å². The maximum atomic E-state index is 5.03. The number of rotatable bonds is 4. The lowest BCUT2D eigenvalue weighted by Gasteiger charge is -2.03. The molecule has 1 unspecified atom stereocenters. The molecule has 1 atom stereocenters. The Morgan fingerprint density at radius 3 is 2.78 bits per heavy atom. The summed E-state index contributed by atoms with van der Waals surface area (Å²) in [7, 11) is 0. The van der Waals surface area contributed by atoms with Crippen molar-refractivity contribution in [2.45, 2.75) is 20.0 Å². The van der Waals surface area contributed by atoms with Gasteiger partial charge in [-0.05, 0) is 12.5 Å². The molecule has 1 rings (SSSR count). The molecule has 0 spiro atoms. The molecule has 2 heteroatoms. The molecule has 0 aliphatic carbocycles. The summed E-state index contributed by atoms with van der Waals surface area (Å²) in [5, 5.41) is 3.32.